The molecule has 0 unspecified atom stereocenters. The fourth-order valence-corrected chi connectivity index (χ4v) is 2.93. The molecule has 1 aromatic carbocycles. The summed E-state index contributed by atoms with van der Waals surface area (Å²) < 4.78 is 5.15. The van der Waals surface area contributed by atoms with Gasteiger partial charge in [0.2, 0.25) is 17.7 Å². The molecule has 0 heterocycles. The molecule has 0 aromatic heterocycles. The number of methoxy groups -OCH3 is 1. The number of carbonyl (C=O) groups excluding carboxylic acids is 3. The number of hydroxylamine groups is 1. The monoisotopic (exact) mass is 393 g/mol. The number of nitrogens with one attached hydrogen (secondary N) is 3. The molecule has 4 N–H and O–H groups in total. The quantitative estimate of drug-likeness (QED) is 0.335. The first kappa shape index (κ1) is 23.4. The van der Waals surface area contributed by atoms with Crippen LogP contribution in [0.25, 0.3) is 0 Å². The first-order valence-electron chi connectivity index (χ1n) is 9.35. The molecule has 3 amide bonds. The van der Waals surface area contributed by atoms with E-state index in [4.69, 9.17) is 9.94 Å². The molecule has 2 atom stereocenters. The number of amides is 3. The van der Waals surface area contributed by atoms with Crippen LogP contribution in [0.5, 0.6) is 5.75 Å². The van der Waals surface area contributed by atoms with Crippen LogP contribution in [-0.2, 0) is 20.8 Å². The Balaban J connectivity index is 2.86. The molecule has 1 aromatic rings. The average Bonchev–Trinajstić information content (AvgIpc) is 2.65. The highest BCUT2D eigenvalue weighted by molar-refractivity contribution is 5.85. The summed E-state index contributed by atoms with van der Waals surface area (Å²) in [5.41, 5.74) is 2.56. The van der Waals surface area contributed by atoms with E-state index in [-0.39, 0.29) is 36.7 Å². The van der Waals surface area contributed by atoms with E-state index in [1.54, 1.807) is 12.6 Å². The highest BCUT2D eigenvalue weighted by Gasteiger charge is 2.25. The molecule has 0 aliphatic rings. The van der Waals surface area contributed by atoms with E-state index in [0.717, 1.165) is 11.3 Å². The Kier molecular flexibility index (Phi) is 10.0. The maximum Gasteiger partial charge on any atom is 0.244 e. The Hall–Kier alpha value is -2.61. The first-order valence-corrected chi connectivity index (χ1v) is 9.35. The third kappa shape index (κ3) is 8.85. The standard InChI is InChI=1S/C20H31N3O5/c1-13(2)9-16(11-19(25)23-27)20(26)22-17(12-21-14(3)24)10-15-5-7-18(28-4)8-6-15/h5-8,13,16-17,27H,9-12H2,1-4H3,(H,21,24)(H,22,26)(H,23,25)/t16-,17+/m1/s1. The molecule has 1 rings (SSSR count). The Morgan fingerprint density at radius 2 is 1.79 bits per heavy atom. The molecule has 0 bridgehead atoms. The van der Waals surface area contributed by atoms with Gasteiger partial charge >= 0.3 is 0 Å². The molecule has 0 saturated carbocycles. The van der Waals surface area contributed by atoms with Crippen molar-refractivity contribution >= 4 is 17.7 Å². The highest BCUT2D eigenvalue weighted by Crippen LogP contribution is 2.17. The zero-order chi connectivity index (χ0) is 21.1. The van der Waals surface area contributed by atoms with Crippen LogP contribution in [0.2, 0.25) is 0 Å². The number of carbonyl (C=O) groups is 3. The summed E-state index contributed by atoms with van der Waals surface area (Å²) in [7, 11) is 1.59. The van der Waals surface area contributed by atoms with Gasteiger partial charge in [-0.1, -0.05) is 26.0 Å². The van der Waals surface area contributed by atoms with E-state index >= 15 is 0 Å². The van der Waals surface area contributed by atoms with Gasteiger partial charge in [-0.3, -0.25) is 19.6 Å². The van der Waals surface area contributed by atoms with Crippen molar-refractivity contribution in [3.8, 4) is 5.75 Å². The number of rotatable bonds is 11. The minimum Gasteiger partial charge on any atom is -0.497 e. The molecule has 0 aliphatic heterocycles. The van der Waals surface area contributed by atoms with Crippen LogP contribution in [-0.4, -0.2) is 42.6 Å². The number of ether oxygens (including phenoxy) is 1. The molecule has 0 spiro atoms. The van der Waals surface area contributed by atoms with Crippen molar-refractivity contribution in [2.45, 2.75) is 46.1 Å². The van der Waals surface area contributed by atoms with Gasteiger partial charge in [0.05, 0.1) is 13.2 Å². The van der Waals surface area contributed by atoms with Crippen LogP contribution in [0.4, 0.5) is 0 Å². The molecule has 0 saturated heterocycles. The van der Waals surface area contributed by atoms with Crippen LogP contribution in [0.3, 0.4) is 0 Å². The summed E-state index contributed by atoms with van der Waals surface area (Å²) in [5.74, 6) is -0.693. The third-order valence-corrected chi connectivity index (χ3v) is 4.27. The zero-order valence-corrected chi connectivity index (χ0v) is 17.0. The van der Waals surface area contributed by atoms with Crippen molar-refractivity contribution in [2.75, 3.05) is 13.7 Å². The summed E-state index contributed by atoms with van der Waals surface area (Å²) >= 11 is 0. The molecule has 0 radical (unpaired) electrons. The van der Waals surface area contributed by atoms with E-state index in [0.29, 0.717) is 12.8 Å². The molecular weight excluding hydrogens is 362 g/mol. The van der Waals surface area contributed by atoms with Crippen LogP contribution >= 0.6 is 0 Å². The van der Waals surface area contributed by atoms with E-state index < -0.39 is 11.8 Å². The molecule has 8 heteroatoms. The van der Waals surface area contributed by atoms with Crippen molar-refractivity contribution in [1.82, 2.24) is 16.1 Å². The van der Waals surface area contributed by atoms with Gasteiger partial charge in [0.25, 0.3) is 0 Å². The Bertz CT molecular complexity index is 646. The van der Waals surface area contributed by atoms with Gasteiger partial charge in [-0.15, -0.1) is 0 Å². The van der Waals surface area contributed by atoms with Crippen LogP contribution in [0, 0.1) is 11.8 Å². The predicted molar refractivity (Wildman–Crippen MR) is 105 cm³/mol. The van der Waals surface area contributed by atoms with Crippen molar-refractivity contribution in [3.05, 3.63) is 29.8 Å². The fourth-order valence-electron chi connectivity index (χ4n) is 2.93. The molecular formula is C20H31N3O5. The minimum atomic E-state index is -0.602. The van der Waals surface area contributed by atoms with Crippen molar-refractivity contribution in [3.63, 3.8) is 0 Å². The number of hydrogen-bond acceptors (Lipinski definition) is 5. The lowest BCUT2D eigenvalue weighted by Gasteiger charge is -2.24. The Morgan fingerprint density at radius 1 is 1.14 bits per heavy atom. The second kappa shape index (κ2) is 12.0. The summed E-state index contributed by atoms with van der Waals surface area (Å²) in [4.78, 5) is 35.6. The summed E-state index contributed by atoms with van der Waals surface area (Å²) in [5, 5.41) is 14.4. The van der Waals surface area contributed by atoms with Gasteiger partial charge < -0.3 is 15.4 Å². The highest BCUT2D eigenvalue weighted by atomic mass is 16.5. The molecule has 0 fully saturated rings. The lowest BCUT2D eigenvalue weighted by atomic mass is 9.92. The van der Waals surface area contributed by atoms with Crippen molar-refractivity contribution in [1.29, 1.82) is 0 Å². The molecule has 28 heavy (non-hydrogen) atoms. The second-order valence-electron chi connectivity index (χ2n) is 7.26. The normalized spacial score (nSPS) is 12.8. The van der Waals surface area contributed by atoms with Crippen LogP contribution in [0.15, 0.2) is 24.3 Å². The lowest BCUT2D eigenvalue weighted by molar-refractivity contribution is -0.135. The minimum absolute atomic E-state index is 0.101. The van der Waals surface area contributed by atoms with Crippen LogP contribution in [0.1, 0.15) is 39.2 Å². The maximum atomic E-state index is 12.8. The summed E-state index contributed by atoms with van der Waals surface area (Å²) in [6.45, 7) is 5.61. The van der Waals surface area contributed by atoms with Crippen LogP contribution < -0.4 is 20.9 Å². The SMILES string of the molecule is COc1ccc(C[C@@H](CNC(C)=O)NC(=O)[C@@H](CC(=O)NO)CC(C)C)cc1. The largest absolute Gasteiger partial charge is 0.497 e. The molecule has 156 valence electrons. The fraction of sp³-hybridized carbons (Fsp3) is 0.550. The third-order valence-electron chi connectivity index (χ3n) is 4.27. The maximum absolute atomic E-state index is 12.8. The summed E-state index contributed by atoms with van der Waals surface area (Å²) in [6.07, 6.45) is 0.918. The van der Waals surface area contributed by atoms with E-state index in [2.05, 4.69) is 10.6 Å². The number of benzene rings is 1. The van der Waals surface area contributed by atoms with Gasteiger partial charge in [-0.25, -0.2) is 5.48 Å². The predicted octanol–water partition coefficient (Wildman–Crippen LogP) is 1.42. The second-order valence-corrected chi connectivity index (χ2v) is 7.26. The van der Waals surface area contributed by atoms with Gasteiger partial charge in [0.1, 0.15) is 5.75 Å². The van der Waals surface area contributed by atoms with E-state index in [1.165, 1.54) is 6.92 Å². The molecule has 0 aliphatic carbocycles. The van der Waals surface area contributed by atoms with E-state index in [9.17, 15) is 14.4 Å². The molecule has 8 nitrogen and oxygen atoms in total. The van der Waals surface area contributed by atoms with Gasteiger partial charge in [0, 0.05) is 25.8 Å². The Morgan fingerprint density at radius 3 is 2.29 bits per heavy atom. The Labute approximate surface area is 166 Å². The van der Waals surface area contributed by atoms with Gasteiger partial charge in [-0.05, 0) is 36.5 Å². The number of hydrogen-bond donors (Lipinski definition) is 4. The van der Waals surface area contributed by atoms with Crippen molar-refractivity contribution in [2.24, 2.45) is 11.8 Å². The van der Waals surface area contributed by atoms with Gasteiger partial charge in [0.15, 0.2) is 0 Å². The first-order chi connectivity index (χ1) is 13.2. The summed E-state index contributed by atoms with van der Waals surface area (Å²) in [6, 6.07) is 7.13. The van der Waals surface area contributed by atoms with E-state index in [1.807, 2.05) is 38.1 Å². The topological polar surface area (TPSA) is 117 Å². The van der Waals surface area contributed by atoms with Crippen molar-refractivity contribution < 1.29 is 24.3 Å². The lowest BCUT2D eigenvalue weighted by Crippen LogP contribution is -2.47. The zero-order valence-electron chi connectivity index (χ0n) is 17.0. The smallest absolute Gasteiger partial charge is 0.244 e. The average molecular weight is 393 g/mol. The van der Waals surface area contributed by atoms with Gasteiger partial charge in [-0.2, -0.15) is 0 Å².